The van der Waals surface area contributed by atoms with Crippen molar-refractivity contribution in [1.82, 2.24) is 4.90 Å². The predicted octanol–water partition coefficient (Wildman–Crippen LogP) is 4.02. The Labute approximate surface area is 197 Å². The van der Waals surface area contributed by atoms with Gasteiger partial charge in [0.1, 0.15) is 11.5 Å². The summed E-state index contributed by atoms with van der Waals surface area (Å²) in [4.78, 5) is 41.5. The Morgan fingerprint density at radius 2 is 1.47 bits per heavy atom. The number of methoxy groups -OCH3 is 1. The molecule has 7 nitrogen and oxygen atoms in total. The van der Waals surface area contributed by atoms with E-state index in [2.05, 4.69) is 0 Å². The summed E-state index contributed by atoms with van der Waals surface area (Å²) in [5.74, 6) is -1.38. The Morgan fingerprint density at radius 1 is 0.882 bits per heavy atom. The SMILES string of the molecule is COc1ccc(/C(O)=C2\C(=O)C(=O)N(c3ccc(C(=O)N(C)C)cc3)C2c2ccccc2)cc1. The van der Waals surface area contributed by atoms with E-state index in [4.69, 9.17) is 4.74 Å². The van der Waals surface area contributed by atoms with Crippen molar-refractivity contribution < 1.29 is 24.2 Å². The number of hydrogen-bond acceptors (Lipinski definition) is 5. The highest BCUT2D eigenvalue weighted by atomic mass is 16.5. The number of amides is 2. The minimum absolute atomic E-state index is 0.00480. The van der Waals surface area contributed by atoms with E-state index in [1.54, 1.807) is 74.8 Å². The molecule has 7 heteroatoms. The smallest absolute Gasteiger partial charge is 0.300 e. The monoisotopic (exact) mass is 456 g/mol. The first kappa shape index (κ1) is 22.8. The van der Waals surface area contributed by atoms with Crippen LogP contribution in [0.1, 0.15) is 27.5 Å². The lowest BCUT2D eigenvalue weighted by molar-refractivity contribution is -0.132. The molecule has 34 heavy (non-hydrogen) atoms. The topological polar surface area (TPSA) is 87.1 Å². The number of nitrogens with zero attached hydrogens (tertiary/aromatic N) is 2. The first-order valence-electron chi connectivity index (χ1n) is 10.7. The van der Waals surface area contributed by atoms with Crippen molar-refractivity contribution in [2.75, 3.05) is 26.1 Å². The lowest BCUT2D eigenvalue weighted by atomic mass is 9.95. The molecular weight excluding hydrogens is 432 g/mol. The van der Waals surface area contributed by atoms with Gasteiger partial charge in [-0.25, -0.2) is 0 Å². The van der Waals surface area contributed by atoms with Crippen LogP contribution in [0.5, 0.6) is 5.75 Å². The number of ether oxygens (including phenoxy) is 1. The van der Waals surface area contributed by atoms with Crippen LogP contribution in [0.25, 0.3) is 5.76 Å². The van der Waals surface area contributed by atoms with Gasteiger partial charge in [0.05, 0.1) is 18.7 Å². The Bertz CT molecular complexity index is 1260. The molecule has 3 aromatic carbocycles. The van der Waals surface area contributed by atoms with Crippen molar-refractivity contribution in [3.8, 4) is 5.75 Å². The van der Waals surface area contributed by atoms with Gasteiger partial charge in [0.25, 0.3) is 17.6 Å². The fourth-order valence-corrected chi connectivity index (χ4v) is 3.98. The summed E-state index contributed by atoms with van der Waals surface area (Å²) in [6.45, 7) is 0. The van der Waals surface area contributed by atoms with Crippen molar-refractivity contribution in [1.29, 1.82) is 0 Å². The molecule has 1 aliphatic rings. The summed E-state index contributed by atoms with van der Waals surface area (Å²) in [5, 5.41) is 11.1. The van der Waals surface area contributed by atoms with E-state index in [1.165, 1.54) is 16.9 Å². The normalized spacial score (nSPS) is 17.0. The summed E-state index contributed by atoms with van der Waals surface area (Å²) >= 11 is 0. The van der Waals surface area contributed by atoms with Crippen LogP contribution in [0.15, 0.2) is 84.4 Å². The van der Waals surface area contributed by atoms with Crippen LogP contribution in [0, 0.1) is 0 Å². The minimum atomic E-state index is -0.835. The summed E-state index contributed by atoms with van der Waals surface area (Å²) in [6, 6.07) is 21.3. The lowest BCUT2D eigenvalue weighted by Gasteiger charge is -2.25. The van der Waals surface area contributed by atoms with E-state index in [0.717, 1.165) is 0 Å². The molecule has 1 atom stereocenters. The zero-order valence-corrected chi connectivity index (χ0v) is 19.1. The number of hydrogen-bond donors (Lipinski definition) is 1. The maximum Gasteiger partial charge on any atom is 0.300 e. The third kappa shape index (κ3) is 4.03. The Hall–Kier alpha value is -4.39. The van der Waals surface area contributed by atoms with Crippen molar-refractivity contribution in [2.45, 2.75) is 6.04 Å². The highest BCUT2D eigenvalue weighted by Gasteiger charge is 2.46. The van der Waals surface area contributed by atoms with Crippen molar-refractivity contribution in [2.24, 2.45) is 0 Å². The van der Waals surface area contributed by atoms with Gasteiger partial charge < -0.3 is 14.7 Å². The van der Waals surface area contributed by atoms with Crippen LogP contribution in [0.3, 0.4) is 0 Å². The molecule has 0 radical (unpaired) electrons. The second-order valence-corrected chi connectivity index (χ2v) is 8.05. The van der Waals surface area contributed by atoms with E-state index in [9.17, 15) is 19.5 Å². The van der Waals surface area contributed by atoms with Gasteiger partial charge in [-0.1, -0.05) is 30.3 Å². The van der Waals surface area contributed by atoms with Gasteiger partial charge in [-0.2, -0.15) is 0 Å². The van der Waals surface area contributed by atoms with Crippen LogP contribution >= 0.6 is 0 Å². The van der Waals surface area contributed by atoms with E-state index >= 15 is 0 Å². The second-order valence-electron chi connectivity index (χ2n) is 8.05. The maximum absolute atomic E-state index is 13.2. The van der Waals surface area contributed by atoms with Crippen molar-refractivity contribution in [3.05, 3.63) is 101 Å². The molecule has 3 aromatic rings. The Morgan fingerprint density at radius 3 is 2.03 bits per heavy atom. The minimum Gasteiger partial charge on any atom is -0.507 e. The van der Waals surface area contributed by atoms with Crippen molar-refractivity contribution >= 4 is 29.0 Å². The number of carbonyl (C=O) groups is 3. The van der Waals surface area contributed by atoms with Gasteiger partial charge in [-0.3, -0.25) is 19.3 Å². The summed E-state index contributed by atoms with van der Waals surface area (Å²) in [7, 11) is 4.85. The summed E-state index contributed by atoms with van der Waals surface area (Å²) in [6.07, 6.45) is 0. The zero-order valence-electron chi connectivity index (χ0n) is 19.1. The molecule has 0 bridgehead atoms. The molecule has 4 rings (SSSR count). The van der Waals surface area contributed by atoms with Gasteiger partial charge in [0, 0.05) is 30.9 Å². The van der Waals surface area contributed by atoms with Crippen LogP contribution in [-0.4, -0.2) is 48.8 Å². The number of rotatable bonds is 5. The van der Waals surface area contributed by atoms with Crippen LogP contribution in [-0.2, 0) is 9.59 Å². The van der Waals surface area contributed by atoms with E-state index < -0.39 is 17.7 Å². The van der Waals surface area contributed by atoms with E-state index in [1.807, 2.05) is 18.2 Å². The average molecular weight is 456 g/mol. The molecular formula is C27H24N2O5. The second kappa shape index (κ2) is 9.23. The fourth-order valence-electron chi connectivity index (χ4n) is 3.98. The molecule has 2 amide bonds. The van der Waals surface area contributed by atoms with Crippen LogP contribution in [0.2, 0.25) is 0 Å². The Balaban J connectivity index is 1.84. The van der Waals surface area contributed by atoms with Gasteiger partial charge in [0.2, 0.25) is 0 Å². The predicted molar refractivity (Wildman–Crippen MR) is 129 cm³/mol. The molecule has 172 valence electrons. The van der Waals surface area contributed by atoms with E-state index in [0.29, 0.717) is 28.1 Å². The largest absolute Gasteiger partial charge is 0.507 e. The number of anilines is 1. The first-order valence-corrected chi connectivity index (χ1v) is 10.7. The summed E-state index contributed by atoms with van der Waals surface area (Å²) in [5.41, 5.74) is 1.96. The highest BCUT2D eigenvalue weighted by molar-refractivity contribution is 6.51. The fraction of sp³-hybridized carbons (Fsp3) is 0.148. The van der Waals surface area contributed by atoms with Gasteiger partial charge in [-0.05, 0) is 54.1 Å². The quantitative estimate of drug-likeness (QED) is 0.356. The number of carbonyl (C=O) groups excluding carboxylic acids is 3. The molecule has 1 aliphatic heterocycles. The average Bonchev–Trinajstić information content (AvgIpc) is 3.14. The number of ketones is 1. The lowest BCUT2D eigenvalue weighted by Crippen LogP contribution is -2.29. The first-order chi connectivity index (χ1) is 16.3. The molecule has 0 saturated carbocycles. The number of aliphatic hydroxyl groups is 1. The molecule has 0 aliphatic carbocycles. The Kier molecular flexibility index (Phi) is 6.19. The van der Waals surface area contributed by atoms with Gasteiger partial charge in [-0.15, -0.1) is 0 Å². The van der Waals surface area contributed by atoms with Crippen LogP contribution < -0.4 is 9.64 Å². The maximum atomic E-state index is 13.2. The molecule has 1 unspecified atom stereocenters. The van der Waals surface area contributed by atoms with Crippen molar-refractivity contribution in [3.63, 3.8) is 0 Å². The molecule has 1 heterocycles. The number of Topliss-reactive ketones (excluding diaryl/α,β-unsaturated/α-hetero) is 1. The highest BCUT2D eigenvalue weighted by Crippen LogP contribution is 2.42. The third-order valence-corrected chi connectivity index (χ3v) is 5.72. The molecule has 1 fully saturated rings. The zero-order chi connectivity index (χ0) is 24.4. The molecule has 1 saturated heterocycles. The molecule has 0 spiro atoms. The number of aliphatic hydroxyl groups excluding tert-OH is 1. The standard InChI is InChI=1S/C27H24N2O5/c1-28(2)26(32)19-9-13-20(14-10-19)29-23(17-7-5-4-6-8-17)22(25(31)27(29)33)24(30)18-11-15-21(34-3)16-12-18/h4-16,23,30H,1-3H3/b24-22+. The molecule has 0 aromatic heterocycles. The third-order valence-electron chi connectivity index (χ3n) is 5.72. The number of benzene rings is 3. The van der Waals surface area contributed by atoms with Crippen LogP contribution in [0.4, 0.5) is 5.69 Å². The van der Waals surface area contributed by atoms with Gasteiger partial charge in [0.15, 0.2) is 0 Å². The van der Waals surface area contributed by atoms with Gasteiger partial charge >= 0.3 is 0 Å². The summed E-state index contributed by atoms with van der Waals surface area (Å²) < 4.78 is 5.17. The van der Waals surface area contributed by atoms with E-state index in [-0.39, 0.29) is 17.2 Å². The molecule has 1 N–H and O–H groups in total.